The van der Waals surface area contributed by atoms with Crippen LogP contribution >= 0.6 is 0 Å². The van der Waals surface area contributed by atoms with Crippen LogP contribution in [0.1, 0.15) is 43.0 Å². The molecule has 0 saturated carbocycles. The lowest BCUT2D eigenvalue weighted by Crippen LogP contribution is -2.42. The summed E-state index contributed by atoms with van der Waals surface area (Å²) in [5.41, 5.74) is 1.80. The molecule has 2 N–H and O–H groups in total. The van der Waals surface area contributed by atoms with Crippen molar-refractivity contribution in [3.8, 4) is 0 Å². The minimum absolute atomic E-state index is 0.00626. The van der Waals surface area contributed by atoms with E-state index < -0.39 is 0 Å². The Balaban J connectivity index is 1.62. The summed E-state index contributed by atoms with van der Waals surface area (Å²) in [7, 11) is 0. The molecule has 2 aliphatic rings. The fraction of sp³-hybridized carbons (Fsp3) is 0.588. The van der Waals surface area contributed by atoms with Gasteiger partial charge in [0.25, 0.3) is 5.91 Å². The van der Waals surface area contributed by atoms with Crippen LogP contribution < -0.4 is 10.6 Å². The van der Waals surface area contributed by atoms with E-state index in [9.17, 15) is 4.79 Å². The summed E-state index contributed by atoms with van der Waals surface area (Å²) in [4.78, 5) is 14.5. The standard InChI is InChI=1S/C17H25N3O/c1-2-18-17(21)13-5-3-6-14(11-13)19-15-8-10-20-9-4-7-16(20)12-15/h3,5-6,11,15-16,19H,2,4,7-10,12H2,1H3,(H,18,21). The van der Waals surface area contributed by atoms with Crippen molar-refractivity contribution in [2.45, 2.75) is 44.7 Å². The molecule has 1 aromatic rings. The van der Waals surface area contributed by atoms with Crippen molar-refractivity contribution in [3.05, 3.63) is 29.8 Å². The molecule has 0 aliphatic carbocycles. The van der Waals surface area contributed by atoms with Crippen molar-refractivity contribution in [1.29, 1.82) is 0 Å². The topological polar surface area (TPSA) is 44.4 Å². The first-order chi connectivity index (χ1) is 10.3. The summed E-state index contributed by atoms with van der Waals surface area (Å²) in [5.74, 6) is 0.00626. The lowest BCUT2D eigenvalue weighted by atomic mass is 9.97. The largest absolute Gasteiger partial charge is 0.382 e. The Morgan fingerprint density at radius 2 is 2.24 bits per heavy atom. The van der Waals surface area contributed by atoms with Crippen molar-refractivity contribution >= 4 is 11.6 Å². The van der Waals surface area contributed by atoms with Crippen LogP contribution in [-0.4, -0.2) is 42.5 Å². The summed E-state index contributed by atoms with van der Waals surface area (Å²) >= 11 is 0. The fourth-order valence-electron chi connectivity index (χ4n) is 3.60. The van der Waals surface area contributed by atoms with E-state index in [-0.39, 0.29) is 5.91 Å². The molecule has 2 atom stereocenters. The molecule has 1 aromatic carbocycles. The molecule has 2 unspecified atom stereocenters. The Labute approximate surface area is 126 Å². The van der Waals surface area contributed by atoms with Crippen molar-refractivity contribution in [2.24, 2.45) is 0 Å². The lowest BCUT2D eigenvalue weighted by molar-refractivity contribution is 0.0956. The van der Waals surface area contributed by atoms with Gasteiger partial charge in [-0.3, -0.25) is 4.79 Å². The highest BCUT2D eigenvalue weighted by atomic mass is 16.1. The number of fused-ring (bicyclic) bond motifs is 1. The van der Waals surface area contributed by atoms with Gasteiger partial charge in [0.05, 0.1) is 0 Å². The molecular formula is C17H25N3O. The quantitative estimate of drug-likeness (QED) is 0.894. The summed E-state index contributed by atoms with van der Waals surface area (Å²) in [6.45, 7) is 5.09. The molecule has 3 rings (SSSR count). The van der Waals surface area contributed by atoms with Gasteiger partial charge in [-0.1, -0.05) is 6.07 Å². The summed E-state index contributed by atoms with van der Waals surface area (Å²) in [6.07, 6.45) is 5.12. The zero-order valence-corrected chi connectivity index (χ0v) is 12.8. The predicted molar refractivity (Wildman–Crippen MR) is 85.7 cm³/mol. The number of rotatable bonds is 4. The average Bonchev–Trinajstić information content (AvgIpc) is 2.95. The Morgan fingerprint density at radius 3 is 3.10 bits per heavy atom. The van der Waals surface area contributed by atoms with Crippen LogP contribution in [-0.2, 0) is 0 Å². The molecule has 0 bridgehead atoms. The van der Waals surface area contributed by atoms with Crippen molar-refractivity contribution < 1.29 is 4.79 Å². The molecule has 2 fully saturated rings. The first kappa shape index (κ1) is 14.4. The van der Waals surface area contributed by atoms with Crippen molar-refractivity contribution in [1.82, 2.24) is 10.2 Å². The third-order valence-corrected chi connectivity index (χ3v) is 4.65. The van der Waals surface area contributed by atoms with Crippen LogP contribution in [0.15, 0.2) is 24.3 Å². The number of piperidine rings is 1. The molecule has 0 aromatic heterocycles. The minimum Gasteiger partial charge on any atom is -0.382 e. The van der Waals surface area contributed by atoms with Crippen LogP contribution in [0.25, 0.3) is 0 Å². The number of hydrogen-bond donors (Lipinski definition) is 2. The van der Waals surface area contributed by atoms with Crippen LogP contribution in [0.2, 0.25) is 0 Å². The molecule has 2 aliphatic heterocycles. The van der Waals surface area contributed by atoms with Crippen LogP contribution in [0.4, 0.5) is 5.69 Å². The van der Waals surface area contributed by atoms with Gasteiger partial charge < -0.3 is 15.5 Å². The van der Waals surface area contributed by atoms with Crippen LogP contribution in [0.3, 0.4) is 0 Å². The molecular weight excluding hydrogens is 262 g/mol. The fourth-order valence-corrected chi connectivity index (χ4v) is 3.60. The summed E-state index contributed by atoms with van der Waals surface area (Å²) < 4.78 is 0. The number of carbonyl (C=O) groups is 1. The summed E-state index contributed by atoms with van der Waals surface area (Å²) in [6, 6.07) is 9.15. The average molecular weight is 287 g/mol. The van der Waals surface area contributed by atoms with Gasteiger partial charge in [0, 0.05) is 36.4 Å². The Morgan fingerprint density at radius 1 is 1.33 bits per heavy atom. The number of carbonyl (C=O) groups excluding carboxylic acids is 1. The maximum absolute atomic E-state index is 11.9. The SMILES string of the molecule is CCNC(=O)c1cccc(NC2CCN3CCCC3C2)c1. The minimum atomic E-state index is 0.00626. The second-order valence-corrected chi connectivity index (χ2v) is 6.14. The number of amides is 1. The molecule has 21 heavy (non-hydrogen) atoms. The van der Waals surface area contributed by atoms with E-state index in [1.807, 2.05) is 25.1 Å². The van der Waals surface area contributed by atoms with Gasteiger partial charge in [0.1, 0.15) is 0 Å². The predicted octanol–water partition coefficient (Wildman–Crippen LogP) is 2.48. The molecule has 2 heterocycles. The van der Waals surface area contributed by atoms with E-state index in [0.29, 0.717) is 12.6 Å². The molecule has 2 saturated heterocycles. The second-order valence-electron chi connectivity index (χ2n) is 6.14. The maximum Gasteiger partial charge on any atom is 0.251 e. The third kappa shape index (κ3) is 3.38. The molecule has 0 spiro atoms. The van der Waals surface area contributed by atoms with Gasteiger partial charge >= 0.3 is 0 Å². The molecule has 4 nitrogen and oxygen atoms in total. The Hall–Kier alpha value is -1.55. The van der Waals surface area contributed by atoms with E-state index in [2.05, 4.69) is 21.6 Å². The van der Waals surface area contributed by atoms with E-state index in [1.54, 1.807) is 0 Å². The Bertz CT molecular complexity index is 503. The van der Waals surface area contributed by atoms with E-state index in [1.165, 1.54) is 38.8 Å². The highest BCUT2D eigenvalue weighted by Crippen LogP contribution is 2.28. The second kappa shape index (κ2) is 6.48. The zero-order chi connectivity index (χ0) is 14.7. The van der Waals surface area contributed by atoms with Crippen LogP contribution in [0.5, 0.6) is 0 Å². The molecule has 4 heteroatoms. The number of nitrogens with one attached hydrogen (secondary N) is 2. The van der Waals surface area contributed by atoms with Crippen molar-refractivity contribution in [3.63, 3.8) is 0 Å². The third-order valence-electron chi connectivity index (χ3n) is 4.65. The normalized spacial score (nSPS) is 25.4. The molecule has 0 radical (unpaired) electrons. The smallest absolute Gasteiger partial charge is 0.251 e. The van der Waals surface area contributed by atoms with Gasteiger partial charge in [-0.05, 0) is 57.4 Å². The van der Waals surface area contributed by atoms with Gasteiger partial charge in [-0.25, -0.2) is 0 Å². The first-order valence-electron chi connectivity index (χ1n) is 8.15. The molecule has 114 valence electrons. The van der Waals surface area contributed by atoms with E-state index in [4.69, 9.17) is 0 Å². The van der Waals surface area contributed by atoms with Gasteiger partial charge in [-0.15, -0.1) is 0 Å². The Kier molecular flexibility index (Phi) is 4.44. The number of nitrogens with zero attached hydrogens (tertiary/aromatic N) is 1. The maximum atomic E-state index is 11.9. The van der Waals surface area contributed by atoms with E-state index >= 15 is 0 Å². The lowest BCUT2D eigenvalue weighted by Gasteiger charge is -2.35. The highest BCUT2D eigenvalue weighted by Gasteiger charge is 2.31. The molecule has 1 amide bonds. The van der Waals surface area contributed by atoms with Crippen LogP contribution in [0, 0.1) is 0 Å². The van der Waals surface area contributed by atoms with Gasteiger partial charge in [0.2, 0.25) is 0 Å². The van der Waals surface area contributed by atoms with Gasteiger partial charge in [-0.2, -0.15) is 0 Å². The monoisotopic (exact) mass is 287 g/mol. The van der Waals surface area contributed by atoms with E-state index in [0.717, 1.165) is 17.3 Å². The number of benzene rings is 1. The number of hydrogen-bond acceptors (Lipinski definition) is 3. The summed E-state index contributed by atoms with van der Waals surface area (Å²) in [5, 5.41) is 6.47. The highest BCUT2D eigenvalue weighted by molar-refractivity contribution is 5.95. The van der Waals surface area contributed by atoms with Crippen molar-refractivity contribution in [2.75, 3.05) is 25.0 Å². The zero-order valence-electron chi connectivity index (χ0n) is 12.8. The first-order valence-corrected chi connectivity index (χ1v) is 8.15. The number of anilines is 1. The van der Waals surface area contributed by atoms with Gasteiger partial charge in [0.15, 0.2) is 0 Å².